The first kappa shape index (κ1) is 16.0. The number of rotatable bonds is 6. The Labute approximate surface area is 137 Å². The molecule has 0 radical (unpaired) electrons. The Morgan fingerprint density at radius 1 is 1.21 bits per heavy atom. The van der Waals surface area contributed by atoms with E-state index < -0.39 is 5.82 Å². The number of anilines is 1. The summed E-state index contributed by atoms with van der Waals surface area (Å²) in [7, 11) is 0. The molecule has 3 aromatic heterocycles. The molecular formula is C15H16FN7O. The highest BCUT2D eigenvalue weighted by atomic mass is 19.1. The number of aromatic nitrogens is 5. The second-order valence-electron chi connectivity index (χ2n) is 4.98. The molecule has 0 aromatic carbocycles. The van der Waals surface area contributed by atoms with Gasteiger partial charge in [-0.2, -0.15) is 0 Å². The second-order valence-corrected chi connectivity index (χ2v) is 4.98. The van der Waals surface area contributed by atoms with E-state index in [2.05, 4.69) is 25.4 Å². The smallest absolute Gasteiger partial charge is 0.162 e. The minimum atomic E-state index is -0.451. The van der Waals surface area contributed by atoms with Crippen molar-refractivity contribution in [1.82, 2.24) is 24.5 Å². The summed E-state index contributed by atoms with van der Waals surface area (Å²) in [5.74, 6) is 5.85. The van der Waals surface area contributed by atoms with Crippen LogP contribution in [0.1, 0.15) is 11.3 Å². The summed E-state index contributed by atoms with van der Waals surface area (Å²) in [6.45, 7) is 0.249. The molecule has 0 atom stereocenters. The van der Waals surface area contributed by atoms with Gasteiger partial charge in [0.15, 0.2) is 11.6 Å². The van der Waals surface area contributed by atoms with E-state index in [1.54, 1.807) is 17.0 Å². The molecular weight excluding hydrogens is 313 g/mol. The monoisotopic (exact) mass is 329 g/mol. The lowest BCUT2D eigenvalue weighted by Gasteiger charge is -2.13. The van der Waals surface area contributed by atoms with Crippen LogP contribution < -0.4 is 11.3 Å². The SMILES string of the molecule is NNc1ncnc(Cn2ccnc2-c2ncccc2F)c1CCO. The number of pyridine rings is 1. The Morgan fingerprint density at radius 2 is 2.08 bits per heavy atom. The molecule has 0 aliphatic heterocycles. The lowest BCUT2D eigenvalue weighted by Crippen LogP contribution is -2.16. The molecule has 24 heavy (non-hydrogen) atoms. The van der Waals surface area contributed by atoms with Gasteiger partial charge in [0.25, 0.3) is 0 Å². The summed E-state index contributed by atoms with van der Waals surface area (Å²) >= 11 is 0. The van der Waals surface area contributed by atoms with Gasteiger partial charge < -0.3 is 15.1 Å². The van der Waals surface area contributed by atoms with Crippen LogP contribution in [0.25, 0.3) is 11.5 Å². The third-order valence-corrected chi connectivity index (χ3v) is 3.54. The number of nitrogens with zero attached hydrogens (tertiary/aromatic N) is 5. The number of nitrogens with two attached hydrogens (primary N) is 1. The first-order chi connectivity index (χ1) is 11.7. The molecule has 3 rings (SSSR count). The standard InChI is InChI=1S/C15H16FN7O/c16-11-2-1-4-18-13(11)15-19-5-6-23(15)8-12-10(3-7-24)14(22-17)21-9-20-12/h1-2,4-6,9,24H,3,7-8,17H2,(H,20,21,22). The maximum absolute atomic E-state index is 14.0. The average Bonchev–Trinajstić information content (AvgIpc) is 3.05. The lowest BCUT2D eigenvalue weighted by molar-refractivity contribution is 0.299. The van der Waals surface area contributed by atoms with Crippen LogP contribution in [-0.2, 0) is 13.0 Å². The third kappa shape index (κ3) is 3.07. The summed E-state index contributed by atoms with van der Waals surface area (Å²) in [4.78, 5) is 16.5. The number of halogens is 1. The van der Waals surface area contributed by atoms with E-state index in [4.69, 9.17) is 5.84 Å². The quantitative estimate of drug-likeness (QED) is 0.451. The zero-order valence-electron chi connectivity index (χ0n) is 12.7. The van der Waals surface area contributed by atoms with Crippen LogP contribution in [0.2, 0.25) is 0 Å². The van der Waals surface area contributed by atoms with Gasteiger partial charge in [0.1, 0.15) is 17.8 Å². The minimum Gasteiger partial charge on any atom is -0.396 e. The van der Waals surface area contributed by atoms with Crippen LogP contribution >= 0.6 is 0 Å². The lowest BCUT2D eigenvalue weighted by atomic mass is 10.1. The molecule has 0 amide bonds. The molecule has 8 nitrogen and oxygen atoms in total. The van der Waals surface area contributed by atoms with Crippen molar-refractivity contribution in [2.75, 3.05) is 12.0 Å². The Kier molecular flexibility index (Phi) is 4.73. The van der Waals surface area contributed by atoms with Gasteiger partial charge in [0.2, 0.25) is 0 Å². The highest BCUT2D eigenvalue weighted by Crippen LogP contribution is 2.21. The molecule has 0 aliphatic rings. The fourth-order valence-corrected chi connectivity index (χ4v) is 2.45. The van der Waals surface area contributed by atoms with Crippen molar-refractivity contribution < 1.29 is 9.50 Å². The van der Waals surface area contributed by atoms with Crippen molar-refractivity contribution in [3.63, 3.8) is 0 Å². The topological polar surface area (TPSA) is 115 Å². The Hall–Kier alpha value is -2.91. The molecule has 3 aromatic rings. The van der Waals surface area contributed by atoms with Crippen LogP contribution in [-0.4, -0.2) is 36.2 Å². The highest BCUT2D eigenvalue weighted by molar-refractivity contribution is 5.51. The highest BCUT2D eigenvalue weighted by Gasteiger charge is 2.16. The molecule has 0 spiro atoms. The molecule has 0 aliphatic carbocycles. The van der Waals surface area contributed by atoms with Crippen molar-refractivity contribution >= 4 is 5.82 Å². The molecule has 0 bridgehead atoms. The third-order valence-electron chi connectivity index (χ3n) is 3.54. The molecule has 0 fully saturated rings. The predicted molar refractivity (Wildman–Crippen MR) is 85.1 cm³/mol. The number of hydrogen-bond donors (Lipinski definition) is 3. The number of aliphatic hydroxyl groups excluding tert-OH is 1. The molecule has 3 heterocycles. The maximum Gasteiger partial charge on any atom is 0.162 e. The maximum atomic E-state index is 14.0. The zero-order chi connectivity index (χ0) is 16.9. The van der Waals surface area contributed by atoms with Crippen LogP contribution in [0.15, 0.2) is 37.1 Å². The molecule has 0 saturated carbocycles. The largest absolute Gasteiger partial charge is 0.396 e. The van der Waals surface area contributed by atoms with E-state index in [0.717, 1.165) is 0 Å². The van der Waals surface area contributed by atoms with E-state index >= 15 is 0 Å². The van der Waals surface area contributed by atoms with Crippen molar-refractivity contribution in [2.24, 2.45) is 5.84 Å². The molecule has 124 valence electrons. The van der Waals surface area contributed by atoms with Gasteiger partial charge in [0.05, 0.1) is 12.2 Å². The number of nitrogen functional groups attached to an aromatic ring is 1. The van der Waals surface area contributed by atoms with Crippen LogP contribution in [0, 0.1) is 5.82 Å². The first-order valence-electron chi connectivity index (χ1n) is 7.26. The second kappa shape index (κ2) is 7.11. The average molecular weight is 329 g/mol. The van der Waals surface area contributed by atoms with Gasteiger partial charge in [-0.1, -0.05) is 0 Å². The van der Waals surface area contributed by atoms with Crippen molar-refractivity contribution in [3.8, 4) is 11.5 Å². The Balaban J connectivity index is 1.99. The van der Waals surface area contributed by atoms with Crippen molar-refractivity contribution in [1.29, 1.82) is 0 Å². The summed E-state index contributed by atoms with van der Waals surface area (Å²) in [6, 6.07) is 2.86. The summed E-state index contributed by atoms with van der Waals surface area (Å²) < 4.78 is 15.7. The number of hydrazine groups is 1. The summed E-state index contributed by atoms with van der Waals surface area (Å²) in [5, 5.41) is 9.26. The fourth-order valence-electron chi connectivity index (χ4n) is 2.45. The van der Waals surface area contributed by atoms with E-state index in [0.29, 0.717) is 35.9 Å². The van der Waals surface area contributed by atoms with Gasteiger partial charge in [-0.25, -0.2) is 30.2 Å². The minimum absolute atomic E-state index is 0.0687. The van der Waals surface area contributed by atoms with Gasteiger partial charge in [0, 0.05) is 37.2 Å². The van der Waals surface area contributed by atoms with E-state index in [-0.39, 0.29) is 12.3 Å². The molecule has 0 saturated heterocycles. The van der Waals surface area contributed by atoms with Crippen LogP contribution in [0.3, 0.4) is 0 Å². The number of hydrogen-bond acceptors (Lipinski definition) is 7. The molecule has 0 unspecified atom stereocenters. The van der Waals surface area contributed by atoms with Gasteiger partial charge >= 0.3 is 0 Å². The number of aliphatic hydroxyl groups is 1. The fraction of sp³-hybridized carbons (Fsp3) is 0.200. The predicted octanol–water partition coefficient (Wildman–Crippen LogP) is 0.743. The zero-order valence-corrected chi connectivity index (χ0v) is 12.7. The summed E-state index contributed by atoms with van der Waals surface area (Å²) in [5.41, 5.74) is 4.01. The Bertz CT molecular complexity index is 836. The first-order valence-corrected chi connectivity index (χ1v) is 7.26. The van der Waals surface area contributed by atoms with E-state index in [1.165, 1.54) is 24.7 Å². The van der Waals surface area contributed by atoms with Crippen molar-refractivity contribution in [3.05, 3.63) is 54.1 Å². The molecule has 4 N–H and O–H groups in total. The van der Waals surface area contributed by atoms with Gasteiger partial charge in [-0.05, 0) is 12.1 Å². The van der Waals surface area contributed by atoms with E-state index in [9.17, 15) is 9.50 Å². The normalized spacial score (nSPS) is 10.8. The Morgan fingerprint density at radius 3 is 2.83 bits per heavy atom. The van der Waals surface area contributed by atoms with E-state index in [1.807, 2.05) is 0 Å². The number of nitrogens with one attached hydrogen (secondary N) is 1. The number of imidazole rings is 1. The van der Waals surface area contributed by atoms with Crippen LogP contribution in [0.4, 0.5) is 10.2 Å². The van der Waals surface area contributed by atoms with Crippen LogP contribution in [0.5, 0.6) is 0 Å². The summed E-state index contributed by atoms with van der Waals surface area (Å²) in [6.07, 6.45) is 6.51. The van der Waals surface area contributed by atoms with Crippen molar-refractivity contribution in [2.45, 2.75) is 13.0 Å². The van der Waals surface area contributed by atoms with Gasteiger partial charge in [-0.15, -0.1) is 0 Å². The molecule has 9 heteroatoms. The van der Waals surface area contributed by atoms with Gasteiger partial charge in [-0.3, -0.25) is 0 Å².